The molecular formula is C27H19ClN2O5. The summed E-state index contributed by atoms with van der Waals surface area (Å²) in [5, 5.41) is 4.35. The summed E-state index contributed by atoms with van der Waals surface area (Å²) in [5.74, 6) is -2.62. The smallest absolute Gasteiger partial charge is 0.295 e. The fourth-order valence-electron chi connectivity index (χ4n) is 4.33. The van der Waals surface area contributed by atoms with E-state index in [0.29, 0.717) is 33.3 Å². The number of anilines is 1. The first-order valence-electron chi connectivity index (χ1n) is 10.8. The third kappa shape index (κ3) is 4.11. The molecule has 0 radical (unpaired) electrons. The average molecular weight is 487 g/mol. The van der Waals surface area contributed by atoms with Gasteiger partial charge in [-0.1, -0.05) is 41.0 Å². The minimum atomic E-state index is -1.23. The third-order valence-electron chi connectivity index (χ3n) is 6.03. The molecule has 1 amide bonds. The van der Waals surface area contributed by atoms with Crippen LogP contribution in [0.25, 0.3) is 11.3 Å². The number of carbonyl (C=O) groups excluding carboxylic acids is 3. The van der Waals surface area contributed by atoms with Crippen molar-refractivity contribution in [2.24, 2.45) is 5.92 Å². The van der Waals surface area contributed by atoms with Crippen LogP contribution in [0.3, 0.4) is 0 Å². The van der Waals surface area contributed by atoms with Crippen LogP contribution in [0.15, 0.2) is 89.6 Å². The quantitative estimate of drug-likeness (QED) is 0.212. The van der Waals surface area contributed by atoms with Crippen molar-refractivity contribution < 1.29 is 23.6 Å². The number of aromatic nitrogens is 1. The highest BCUT2D eigenvalue weighted by atomic mass is 35.5. The Morgan fingerprint density at radius 3 is 2.37 bits per heavy atom. The maximum Gasteiger partial charge on any atom is 0.295 e. The lowest BCUT2D eigenvalue weighted by Gasteiger charge is -2.27. The average Bonchev–Trinajstić information content (AvgIpc) is 3.51. The zero-order valence-electron chi connectivity index (χ0n) is 18.6. The Bertz CT molecular complexity index is 1400. The zero-order chi connectivity index (χ0) is 24.5. The van der Waals surface area contributed by atoms with Gasteiger partial charge in [0.15, 0.2) is 5.78 Å². The number of halogens is 1. The van der Waals surface area contributed by atoms with Crippen LogP contribution in [0, 0.1) is 5.92 Å². The molecule has 5 rings (SSSR count). The Labute approximate surface area is 205 Å². The van der Waals surface area contributed by atoms with E-state index in [1.165, 1.54) is 18.3 Å². The first-order chi connectivity index (χ1) is 17.0. The molecule has 1 aromatic heterocycles. The number of carbonyl (C=O) groups is 3. The minimum Gasteiger partial charge on any atom is -0.497 e. The van der Waals surface area contributed by atoms with Crippen LogP contribution >= 0.6 is 11.6 Å². The van der Waals surface area contributed by atoms with Crippen LogP contribution < -0.4 is 9.64 Å². The van der Waals surface area contributed by atoms with Gasteiger partial charge >= 0.3 is 0 Å². The van der Waals surface area contributed by atoms with Crippen LogP contribution in [0.2, 0.25) is 5.02 Å². The Morgan fingerprint density at radius 2 is 1.74 bits per heavy atom. The van der Waals surface area contributed by atoms with Gasteiger partial charge in [0.25, 0.3) is 5.91 Å². The molecule has 174 valence electrons. The molecule has 8 heteroatoms. The van der Waals surface area contributed by atoms with E-state index in [0.717, 1.165) is 5.56 Å². The molecule has 0 aliphatic carbocycles. The molecule has 2 unspecified atom stereocenters. The van der Waals surface area contributed by atoms with Gasteiger partial charge in [-0.2, -0.15) is 0 Å². The lowest BCUT2D eigenvalue weighted by atomic mass is 9.86. The fourth-order valence-corrected chi connectivity index (χ4v) is 4.53. The lowest BCUT2D eigenvalue weighted by molar-refractivity contribution is -0.135. The summed E-state index contributed by atoms with van der Waals surface area (Å²) >= 11 is 6.24. The molecule has 1 aliphatic heterocycles. The Kier molecular flexibility index (Phi) is 5.93. The van der Waals surface area contributed by atoms with Gasteiger partial charge in [-0.25, -0.2) is 0 Å². The predicted molar refractivity (Wildman–Crippen MR) is 129 cm³/mol. The second kappa shape index (κ2) is 9.19. The second-order valence-electron chi connectivity index (χ2n) is 8.04. The summed E-state index contributed by atoms with van der Waals surface area (Å²) in [6.45, 7) is 0. The van der Waals surface area contributed by atoms with Gasteiger partial charge in [-0.15, -0.1) is 0 Å². The predicted octanol–water partition coefficient (Wildman–Crippen LogP) is 5.16. The van der Waals surface area contributed by atoms with Crippen LogP contribution in [0.5, 0.6) is 5.75 Å². The molecule has 1 fully saturated rings. The summed E-state index contributed by atoms with van der Waals surface area (Å²) in [7, 11) is 1.52. The van der Waals surface area contributed by atoms with Crippen molar-refractivity contribution in [1.29, 1.82) is 0 Å². The highest BCUT2D eigenvalue weighted by molar-refractivity contribution is 6.49. The van der Waals surface area contributed by atoms with E-state index < -0.39 is 29.4 Å². The molecule has 3 aromatic carbocycles. The minimum absolute atomic E-state index is 0.312. The molecule has 0 N–H and O–H groups in total. The Morgan fingerprint density at radius 1 is 1.00 bits per heavy atom. The normalized spacial score (nSPS) is 17.6. The number of Topliss-reactive ketones (excluding diaryl/α,β-unsaturated/α-hetero) is 2. The molecule has 35 heavy (non-hydrogen) atoms. The van der Waals surface area contributed by atoms with Gasteiger partial charge in [0.2, 0.25) is 5.78 Å². The van der Waals surface area contributed by atoms with Crippen molar-refractivity contribution in [2.45, 2.75) is 6.04 Å². The van der Waals surface area contributed by atoms with Crippen molar-refractivity contribution in [1.82, 2.24) is 5.16 Å². The van der Waals surface area contributed by atoms with Gasteiger partial charge in [-0.05, 0) is 54.1 Å². The number of hydrogen-bond donors (Lipinski definition) is 0. The number of ether oxygens (including phenoxy) is 1. The molecule has 0 spiro atoms. The highest BCUT2D eigenvalue weighted by Crippen LogP contribution is 2.42. The molecule has 7 nitrogen and oxygen atoms in total. The molecule has 4 aromatic rings. The van der Waals surface area contributed by atoms with E-state index >= 15 is 0 Å². The number of methoxy groups -OCH3 is 1. The molecule has 0 saturated carbocycles. The molecule has 2 atom stereocenters. The van der Waals surface area contributed by atoms with Crippen LogP contribution in [-0.4, -0.2) is 29.7 Å². The molecule has 1 saturated heterocycles. The van der Waals surface area contributed by atoms with Crippen LogP contribution in [-0.2, 0) is 9.59 Å². The standard InChI is InChI=1S/C27H19ClN2O5/c1-34-21-11-7-17(8-12-21)25(31)23-24(18-3-2-4-19(28)15-18)30(27(33)26(23)32)20-9-5-16(6-10-20)22-13-14-35-29-22/h2-15,23-24H,1H3. The van der Waals surface area contributed by atoms with E-state index in [-0.39, 0.29) is 0 Å². The Balaban J connectivity index is 1.58. The molecule has 1 aliphatic rings. The van der Waals surface area contributed by atoms with Gasteiger partial charge < -0.3 is 9.26 Å². The van der Waals surface area contributed by atoms with E-state index in [1.54, 1.807) is 78.9 Å². The van der Waals surface area contributed by atoms with E-state index in [9.17, 15) is 14.4 Å². The second-order valence-corrected chi connectivity index (χ2v) is 8.48. The molecule has 2 heterocycles. The summed E-state index contributed by atoms with van der Waals surface area (Å²) < 4.78 is 10.1. The maximum atomic E-state index is 13.6. The number of hydrogen-bond acceptors (Lipinski definition) is 6. The number of amides is 1. The first kappa shape index (κ1) is 22.6. The highest BCUT2D eigenvalue weighted by Gasteiger charge is 2.52. The summed E-state index contributed by atoms with van der Waals surface area (Å²) in [6.07, 6.45) is 1.47. The monoisotopic (exact) mass is 486 g/mol. The van der Waals surface area contributed by atoms with Crippen molar-refractivity contribution in [3.05, 3.63) is 101 Å². The number of rotatable bonds is 6. The van der Waals surface area contributed by atoms with E-state index in [4.69, 9.17) is 20.9 Å². The Hall–Kier alpha value is -4.23. The number of nitrogens with zero attached hydrogens (tertiary/aromatic N) is 2. The summed E-state index contributed by atoms with van der Waals surface area (Å²) in [5.41, 5.74) is 2.80. The van der Waals surface area contributed by atoms with Crippen LogP contribution in [0.4, 0.5) is 5.69 Å². The third-order valence-corrected chi connectivity index (χ3v) is 6.27. The first-order valence-corrected chi connectivity index (χ1v) is 11.2. The van der Waals surface area contributed by atoms with Gasteiger partial charge in [-0.3, -0.25) is 19.3 Å². The maximum absolute atomic E-state index is 13.6. The molecular weight excluding hydrogens is 468 g/mol. The van der Waals surface area contributed by atoms with E-state index in [1.807, 2.05) is 0 Å². The summed E-state index contributed by atoms with van der Waals surface area (Å²) in [6, 6.07) is 21.2. The number of benzene rings is 3. The topological polar surface area (TPSA) is 89.7 Å². The van der Waals surface area contributed by atoms with Crippen molar-refractivity contribution in [3.8, 4) is 17.0 Å². The molecule has 0 bridgehead atoms. The van der Waals surface area contributed by atoms with Crippen molar-refractivity contribution in [2.75, 3.05) is 12.0 Å². The van der Waals surface area contributed by atoms with E-state index in [2.05, 4.69) is 5.16 Å². The largest absolute Gasteiger partial charge is 0.497 e. The fraction of sp³-hybridized carbons (Fsp3) is 0.111. The lowest BCUT2D eigenvalue weighted by Crippen LogP contribution is -2.30. The number of ketones is 2. The van der Waals surface area contributed by atoms with Crippen LogP contribution in [0.1, 0.15) is 22.0 Å². The van der Waals surface area contributed by atoms with Crippen molar-refractivity contribution in [3.63, 3.8) is 0 Å². The van der Waals surface area contributed by atoms with Gasteiger partial charge in [0, 0.05) is 27.9 Å². The zero-order valence-corrected chi connectivity index (χ0v) is 19.3. The summed E-state index contributed by atoms with van der Waals surface area (Å²) in [4.78, 5) is 41.5. The SMILES string of the molecule is COc1ccc(C(=O)C2C(=O)C(=O)N(c3ccc(-c4ccon4)cc3)C2c2cccc(Cl)c2)cc1. The van der Waals surface area contributed by atoms with Gasteiger partial charge in [0.05, 0.1) is 13.2 Å². The van der Waals surface area contributed by atoms with Crippen molar-refractivity contribution >= 4 is 34.8 Å². The van der Waals surface area contributed by atoms with Gasteiger partial charge in [0.1, 0.15) is 23.6 Å².